The van der Waals surface area contributed by atoms with Crippen LogP contribution in [0.5, 0.6) is 5.75 Å². The van der Waals surface area contributed by atoms with Crippen molar-refractivity contribution < 1.29 is 14.6 Å². The number of aliphatic hydroxyl groups is 1. The third-order valence-corrected chi connectivity index (χ3v) is 3.72. The number of rotatable bonds is 6. The van der Waals surface area contributed by atoms with E-state index in [0.717, 1.165) is 28.0 Å². The predicted molar refractivity (Wildman–Crippen MR) is 96.9 cm³/mol. The predicted octanol–water partition coefficient (Wildman–Crippen LogP) is 4.76. The van der Waals surface area contributed by atoms with Crippen molar-refractivity contribution in [2.24, 2.45) is 0 Å². The first-order valence-corrected chi connectivity index (χ1v) is 7.68. The highest BCUT2D eigenvalue weighted by molar-refractivity contribution is 7.81. The Hall–Kier alpha value is -2.33. The molecule has 0 saturated carbocycles. The van der Waals surface area contributed by atoms with Crippen LogP contribution in [0.25, 0.3) is 5.57 Å². The molecule has 0 saturated heterocycles. The molecular formula is C19H20O3S. The normalized spacial score (nSPS) is 11.2. The SMILES string of the molecule is COC=C(C(O)=S)c1ccccc1COc1cc(C)ccc1C. The molecule has 0 atom stereocenters. The van der Waals surface area contributed by atoms with Crippen LogP contribution in [0.3, 0.4) is 0 Å². The maximum absolute atomic E-state index is 9.73. The van der Waals surface area contributed by atoms with Crippen LogP contribution in [0.1, 0.15) is 22.3 Å². The first-order valence-electron chi connectivity index (χ1n) is 7.27. The maximum atomic E-state index is 9.73. The molecule has 2 aromatic rings. The summed E-state index contributed by atoms with van der Waals surface area (Å²) in [5.41, 5.74) is 4.43. The molecule has 0 bridgehead atoms. The van der Waals surface area contributed by atoms with Gasteiger partial charge >= 0.3 is 0 Å². The first kappa shape index (κ1) is 17.0. The van der Waals surface area contributed by atoms with Crippen LogP contribution in [0.4, 0.5) is 0 Å². The highest BCUT2D eigenvalue weighted by Gasteiger charge is 2.12. The van der Waals surface area contributed by atoms with Crippen molar-refractivity contribution in [3.05, 3.63) is 71.0 Å². The minimum Gasteiger partial charge on any atom is -0.504 e. The standard InChI is InChI=1S/C19H20O3S/c1-13-8-9-14(2)18(10-13)22-11-15-6-4-5-7-16(15)17(12-21-3)19(20)23/h4-10,12H,11H2,1-3H3,(H,20,23). The van der Waals surface area contributed by atoms with Gasteiger partial charge in [0.2, 0.25) is 0 Å². The summed E-state index contributed by atoms with van der Waals surface area (Å²) in [4.78, 5) is 0. The van der Waals surface area contributed by atoms with E-state index < -0.39 is 0 Å². The second kappa shape index (κ2) is 7.79. The Bertz CT molecular complexity index is 735. The third kappa shape index (κ3) is 4.33. The second-order valence-electron chi connectivity index (χ2n) is 5.29. The second-order valence-corrected chi connectivity index (χ2v) is 5.67. The van der Waals surface area contributed by atoms with Crippen molar-refractivity contribution in [2.45, 2.75) is 20.5 Å². The average Bonchev–Trinajstić information content (AvgIpc) is 2.53. The summed E-state index contributed by atoms with van der Waals surface area (Å²) in [5.74, 6) is 0.851. The van der Waals surface area contributed by atoms with Crippen molar-refractivity contribution in [2.75, 3.05) is 7.11 Å². The van der Waals surface area contributed by atoms with Crippen LogP contribution in [0.15, 0.2) is 48.7 Å². The van der Waals surface area contributed by atoms with Gasteiger partial charge in [0.25, 0.3) is 0 Å². The molecule has 0 spiro atoms. The number of ether oxygens (including phenoxy) is 2. The zero-order valence-corrected chi connectivity index (χ0v) is 14.3. The summed E-state index contributed by atoms with van der Waals surface area (Å²) >= 11 is 4.91. The molecular weight excluding hydrogens is 308 g/mol. The smallest absolute Gasteiger partial charge is 0.192 e. The van der Waals surface area contributed by atoms with Gasteiger partial charge in [0.1, 0.15) is 12.4 Å². The number of aryl methyl sites for hydroxylation is 2. The van der Waals surface area contributed by atoms with Crippen molar-refractivity contribution in [3.63, 3.8) is 0 Å². The van der Waals surface area contributed by atoms with Gasteiger partial charge in [-0.05, 0) is 54.4 Å². The molecule has 0 fully saturated rings. The lowest BCUT2D eigenvalue weighted by molar-refractivity contribution is 0.303. The van der Waals surface area contributed by atoms with Crippen molar-refractivity contribution in [1.29, 1.82) is 0 Å². The van der Waals surface area contributed by atoms with Gasteiger partial charge in [-0.25, -0.2) is 0 Å². The van der Waals surface area contributed by atoms with Gasteiger partial charge < -0.3 is 14.6 Å². The lowest BCUT2D eigenvalue weighted by atomic mass is 10.0. The summed E-state index contributed by atoms with van der Waals surface area (Å²) in [6.07, 6.45) is 1.44. The van der Waals surface area contributed by atoms with Crippen LogP contribution >= 0.6 is 12.2 Å². The Labute approximate surface area is 142 Å². The first-order chi connectivity index (χ1) is 11.0. The average molecular weight is 328 g/mol. The van der Waals surface area contributed by atoms with Crippen molar-refractivity contribution >= 4 is 22.8 Å². The van der Waals surface area contributed by atoms with Gasteiger partial charge in [0.05, 0.1) is 18.9 Å². The van der Waals surface area contributed by atoms with E-state index in [1.165, 1.54) is 13.4 Å². The molecule has 0 unspecified atom stereocenters. The number of hydrogen-bond donors (Lipinski definition) is 1. The molecule has 1 N–H and O–H groups in total. The summed E-state index contributed by atoms with van der Waals surface area (Å²) in [6.45, 7) is 4.42. The summed E-state index contributed by atoms with van der Waals surface area (Å²) in [7, 11) is 1.52. The van der Waals surface area contributed by atoms with Crippen molar-refractivity contribution in [1.82, 2.24) is 0 Å². The third-order valence-electron chi connectivity index (χ3n) is 3.50. The molecule has 0 heterocycles. The fourth-order valence-electron chi connectivity index (χ4n) is 2.27. The van der Waals surface area contributed by atoms with E-state index in [1.807, 2.05) is 50.2 Å². The van der Waals surface area contributed by atoms with E-state index >= 15 is 0 Å². The highest BCUT2D eigenvalue weighted by atomic mass is 32.1. The molecule has 3 nitrogen and oxygen atoms in total. The van der Waals surface area contributed by atoms with E-state index in [-0.39, 0.29) is 5.05 Å². The quantitative estimate of drug-likeness (QED) is 0.471. The Kier molecular flexibility index (Phi) is 5.77. The van der Waals surface area contributed by atoms with Gasteiger partial charge in [0.15, 0.2) is 5.05 Å². The molecule has 0 amide bonds. The minimum atomic E-state index is -0.203. The summed E-state index contributed by atoms with van der Waals surface area (Å²) < 4.78 is 11.0. The van der Waals surface area contributed by atoms with E-state index in [0.29, 0.717) is 12.2 Å². The minimum absolute atomic E-state index is 0.203. The van der Waals surface area contributed by atoms with Crippen LogP contribution < -0.4 is 4.74 Å². The van der Waals surface area contributed by atoms with E-state index in [9.17, 15) is 5.11 Å². The summed E-state index contributed by atoms with van der Waals surface area (Å²) in [6, 6.07) is 13.8. The molecule has 0 aliphatic carbocycles. The maximum Gasteiger partial charge on any atom is 0.192 e. The molecule has 0 aliphatic rings. The molecule has 0 radical (unpaired) electrons. The Morgan fingerprint density at radius 2 is 1.91 bits per heavy atom. The molecule has 4 heteroatoms. The molecule has 23 heavy (non-hydrogen) atoms. The van der Waals surface area contributed by atoms with Gasteiger partial charge in [-0.3, -0.25) is 0 Å². The van der Waals surface area contributed by atoms with Gasteiger partial charge in [0, 0.05) is 0 Å². The number of hydrogen-bond acceptors (Lipinski definition) is 3. The van der Waals surface area contributed by atoms with Gasteiger partial charge in [-0.15, -0.1) is 0 Å². The van der Waals surface area contributed by atoms with Crippen molar-refractivity contribution in [3.8, 4) is 5.75 Å². The molecule has 0 aromatic heterocycles. The lowest BCUT2D eigenvalue weighted by Gasteiger charge is -2.14. The molecule has 120 valence electrons. The summed E-state index contributed by atoms with van der Waals surface area (Å²) in [5, 5.41) is 9.53. The fraction of sp³-hybridized carbons (Fsp3) is 0.211. The highest BCUT2D eigenvalue weighted by Crippen LogP contribution is 2.24. The lowest BCUT2D eigenvalue weighted by Crippen LogP contribution is -2.05. The number of aliphatic hydroxyl groups excluding tert-OH is 1. The zero-order valence-electron chi connectivity index (χ0n) is 13.5. The number of benzene rings is 2. The van der Waals surface area contributed by atoms with Crippen LogP contribution in [-0.2, 0) is 11.3 Å². The largest absolute Gasteiger partial charge is 0.504 e. The molecule has 2 rings (SSSR count). The fourth-order valence-corrected chi connectivity index (χ4v) is 2.43. The Morgan fingerprint density at radius 3 is 2.61 bits per heavy atom. The van der Waals surface area contributed by atoms with E-state index in [2.05, 4.69) is 6.07 Å². The molecule has 2 aromatic carbocycles. The van der Waals surface area contributed by atoms with Crippen LogP contribution in [-0.4, -0.2) is 17.3 Å². The van der Waals surface area contributed by atoms with Gasteiger partial charge in [-0.2, -0.15) is 0 Å². The monoisotopic (exact) mass is 328 g/mol. The topological polar surface area (TPSA) is 38.7 Å². The van der Waals surface area contributed by atoms with E-state index in [4.69, 9.17) is 21.7 Å². The number of methoxy groups -OCH3 is 1. The van der Waals surface area contributed by atoms with Crippen LogP contribution in [0, 0.1) is 13.8 Å². The Morgan fingerprint density at radius 1 is 1.17 bits per heavy atom. The Balaban J connectivity index is 2.29. The molecule has 0 aliphatic heterocycles. The van der Waals surface area contributed by atoms with Gasteiger partial charge in [-0.1, -0.05) is 36.4 Å². The zero-order chi connectivity index (χ0) is 16.8. The number of thiocarbonyl (C=S) groups is 1. The van der Waals surface area contributed by atoms with E-state index in [1.54, 1.807) is 0 Å². The van der Waals surface area contributed by atoms with Crippen LogP contribution in [0.2, 0.25) is 0 Å².